The smallest absolute Gasteiger partial charge is 0.241 e. The summed E-state index contributed by atoms with van der Waals surface area (Å²) < 4.78 is 0. The molecule has 0 rings (SSSR count). The Morgan fingerprint density at radius 2 is 1.41 bits per heavy atom. The topological polar surface area (TPSA) is 144 Å². The molecule has 1 radical (unpaired) electrons. The average molecular weight is 416 g/mol. The molecule has 0 bridgehead atoms. The molecule has 4 atom stereocenters. The molecule has 4 unspecified atom stereocenters. The van der Waals surface area contributed by atoms with Crippen LogP contribution in [0.4, 0.5) is 0 Å². The second-order valence-corrected chi connectivity index (χ2v) is 7.38. The Morgan fingerprint density at radius 3 is 2.00 bits per heavy atom. The highest BCUT2D eigenvalue weighted by Gasteiger charge is 2.29. The van der Waals surface area contributed by atoms with Gasteiger partial charge in [-0.25, -0.2) is 0 Å². The van der Waals surface area contributed by atoms with Gasteiger partial charge in [0.05, 0.1) is 0 Å². The Hall–Kier alpha value is -1.87. The summed E-state index contributed by atoms with van der Waals surface area (Å²) in [6.45, 7) is 1.99. The molecule has 0 aliphatic carbocycles. The molecule has 0 aliphatic rings. The van der Waals surface area contributed by atoms with E-state index in [2.05, 4.69) is 0 Å². The molecule has 0 saturated carbocycles. The van der Waals surface area contributed by atoms with Crippen molar-refractivity contribution in [3.63, 3.8) is 0 Å². The molecule has 9 heteroatoms. The SMILES string of the molecule is CCCCCC(C(O)C/C=C\CC(C(O)CCCCCC[C]=O)[N+](=O)[O-])[N+](=O)[O-]. The van der Waals surface area contributed by atoms with Gasteiger partial charge in [-0.1, -0.05) is 51.2 Å². The first kappa shape index (κ1) is 27.1. The first-order chi connectivity index (χ1) is 13.8. The Bertz CT molecular complexity index is 499. The van der Waals surface area contributed by atoms with Crippen molar-refractivity contribution in [2.45, 2.75) is 108 Å². The van der Waals surface area contributed by atoms with Crippen molar-refractivity contribution in [2.75, 3.05) is 0 Å². The van der Waals surface area contributed by atoms with Crippen LogP contribution in [0.3, 0.4) is 0 Å². The average Bonchev–Trinajstić information content (AvgIpc) is 2.66. The number of hydrogen-bond donors (Lipinski definition) is 2. The third-order valence-corrected chi connectivity index (χ3v) is 4.98. The van der Waals surface area contributed by atoms with Crippen LogP contribution in [0.5, 0.6) is 0 Å². The Labute approximate surface area is 172 Å². The third kappa shape index (κ3) is 13.1. The number of nitro groups is 2. The van der Waals surface area contributed by atoms with E-state index in [1.807, 2.05) is 13.2 Å². The van der Waals surface area contributed by atoms with Gasteiger partial charge in [0, 0.05) is 29.1 Å². The fourth-order valence-corrected chi connectivity index (χ4v) is 3.15. The van der Waals surface area contributed by atoms with Gasteiger partial charge in [0.2, 0.25) is 12.1 Å². The van der Waals surface area contributed by atoms with E-state index in [1.165, 1.54) is 12.2 Å². The quantitative estimate of drug-likeness (QED) is 0.142. The maximum Gasteiger partial charge on any atom is 0.241 e. The first-order valence-electron chi connectivity index (χ1n) is 10.5. The van der Waals surface area contributed by atoms with E-state index < -0.39 is 34.1 Å². The fourth-order valence-electron chi connectivity index (χ4n) is 3.15. The van der Waals surface area contributed by atoms with Crippen molar-refractivity contribution in [1.29, 1.82) is 0 Å². The summed E-state index contributed by atoms with van der Waals surface area (Å²) in [6, 6.07) is -2.19. The highest BCUT2D eigenvalue weighted by Crippen LogP contribution is 2.16. The highest BCUT2D eigenvalue weighted by atomic mass is 16.6. The summed E-state index contributed by atoms with van der Waals surface area (Å²) in [7, 11) is 0. The van der Waals surface area contributed by atoms with E-state index >= 15 is 0 Å². The number of aliphatic hydroxyl groups excluding tert-OH is 2. The van der Waals surface area contributed by atoms with Crippen LogP contribution in [0.15, 0.2) is 12.2 Å². The van der Waals surface area contributed by atoms with Crippen molar-refractivity contribution in [3.05, 3.63) is 32.4 Å². The van der Waals surface area contributed by atoms with Crippen LogP contribution >= 0.6 is 0 Å². The first-order valence-corrected chi connectivity index (χ1v) is 10.5. The predicted octanol–water partition coefficient (Wildman–Crippen LogP) is 3.37. The van der Waals surface area contributed by atoms with E-state index in [9.17, 15) is 35.2 Å². The molecule has 0 amide bonds. The molecule has 0 fully saturated rings. The maximum absolute atomic E-state index is 11.2. The number of rotatable bonds is 19. The lowest BCUT2D eigenvalue weighted by atomic mass is 9.99. The minimum absolute atomic E-state index is 0.0000455. The van der Waals surface area contributed by atoms with Crippen LogP contribution in [0.2, 0.25) is 0 Å². The summed E-state index contributed by atoms with van der Waals surface area (Å²) in [5.74, 6) is 0. The van der Waals surface area contributed by atoms with E-state index in [0.717, 1.165) is 32.1 Å². The molecular formula is C20H35N2O7. The van der Waals surface area contributed by atoms with Gasteiger partial charge in [0.25, 0.3) is 0 Å². The molecule has 0 heterocycles. The minimum Gasteiger partial charge on any atom is -0.386 e. The predicted molar refractivity (Wildman–Crippen MR) is 109 cm³/mol. The monoisotopic (exact) mass is 415 g/mol. The molecule has 167 valence electrons. The van der Waals surface area contributed by atoms with Gasteiger partial charge in [0.1, 0.15) is 12.2 Å². The van der Waals surface area contributed by atoms with Crippen LogP contribution in [0.1, 0.15) is 84.0 Å². The van der Waals surface area contributed by atoms with Crippen LogP contribution in [-0.2, 0) is 4.79 Å². The Balaban J connectivity index is 4.40. The van der Waals surface area contributed by atoms with Crippen molar-refractivity contribution in [1.82, 2.24) is 0 Å². The largest absolute Gasteiger partial charge is 0.386 e. The van der Waals surface area contributed by atoms with Gasteiger partial charge in [0.15, 0.2) is 6.29 Å². The molecule has 2 N–H and O–H groups in total. The lowest BCUT2D eigenvalue weighted by Crippen LogP contribution is -2.34. The molecule has 0 spiro atoms. The van der Waals surface area contributed by atoms with Gasteiger partial charge in [-0.05, 0) is 25.7 Å². The zero-order valence-corrected chi connectivity index (χ0v) is 17.3. The third-order valence-electron chi connectivity index (χ3n) is 4.98. The van der Waals surface area contributed by atoms with E-state index in [-0.39, 0.29) is 12.8 Å². The molecular weight excluding hydrogens is 380 g/mol. The highest BCUT2D eigenvalue weighted by molar-refractivity contribution is 5.50. The van der Waals surface area contributed by atoms with Crippen molar-refractivity contribution < 1.29 is 24.9 Å². The van der Waals surface area contributed by atoms with E-state index in [0.29, 0.717) is 32.1 Å². The zero-order chi connectivity index (χ0) is 22.1. The number of hydrogen-bond acceptors (Lipinski definition) is 7. The number of nitrogens with zero attached hydrogens (tertiary/aromatic N) is 2. The molecule has 0 aliphatic heterocycles. The van der Waals surface area contributed by atoms with Crippen LogP contribution in [0, 0.1) is 20.2 Å². The van der Waals surface area contributed by atoms with Crippen LogP contribution < -0.4 is 0 Å². The van der Waals surface area contributed by atoms with Crippen LogP contribution in [0.25, 0.3) is 0 Å². The van der Waals surface area contributed by atoms with Crippen molar-refractivity contribution in [3.8, 4) is 0 Å². The van der Waals surface area contributed by atoms with E-state index in [4.69, 9.17) is 0 Å². The summed E-state index contributed by atoms with van der Waals surface area (Å²) in [4.78, 5) is 31.5. The van der Waals surface area contributed by atoms with Gasteiger partial charge < -0.3 is 10.2 Å². The molecule has 0 saturated heterocycles. The van der Waals surface area contributed by atoms with Gasteiger partial charge in [-0.2, -0.15) is 0 Å². The summed E-state index contributed by atoms with van der Waals surface area (Å²) in [6.07, 6.45) is 9.07. The van der Waals surface area contributed by atoms with Gasteiger partial charge >= 0.3 is 0 Å². The van der Waals surface area contributed by atoms with Gasteiger partial charge in [-0.15, -0.1) is 0 Å². The van der Waals surface area contributed by atoms with Crippen molar-refractivity contribution in [2.24, 2.45) is 0 Å². The fraction of sp³-hybridized carbons (Fsp3) is 0.850. The normalized spacial score (nSPS) is 15.7. The second kappa shape index (κ2) is 17.0. The summed E-state index contributed by atoms with van der Waals surface area (Å²) in [5, 5.41) is 42.5. The summed E-state index contributed by atoms with van der Waals surface area (Å²) in [5.41, 5.74) is 0. The van der Waals surface area contributed by atoms with Crippen LogP contribution in [-0.4, -0.2) is 50.6 Å². The Morgan fingerprint density at radius 1 is 0.828 bits per heavy atom. The lowest BCUT2D eigenvalue weighted by Gasteiger charge is -2.15. The minimum atomic E-state index is -1.15. The number of unbranched alkanes of at least 4 members (excludes halogenated alkanes) is 6. The number of carbonyl (C=O) groups excluding carboxylic acids is 1. The standard InChI is InChI=1S/C20H35N2O7/c1-2-3-7-12-17(21(26)27)20(25)15-10-9-13-18(22(28)29)19(24)14-8-5-4-6-11-16-23/h9-10,17-20,24-25H,2-8,11-15H2,1H3/b10-9-. The molecule has 9 nitrogen and oxygen atoms in total. The maximum atomic E-state index is 11.2. The molecule has 0 aromatic carbocycles. The summed E-state index contributed by atoms with van der Waals surface area (Å²) >= 11 is 0. The van der Waals surface area contributed by atoms with Crippen molar-refractivity contribution >= 4 is 6.29 Å². The zero-order valence-electron chi connectivity index (χ0n) is 17.3. The molecule has 29 heavy (non-hydrogen) atoms. The van der Waals surface area contributed by atoms with E-state index in [1.54, 1.807) is 0 Å². The van der Waals surface area contributed by atoms with Gasteiger partial charge in [-0.3, -0.25) is 25.0 Å². The lowest BCUT2D eigenvalue weighted by molar-refractivity contribution is -0.535. The molecule has 0 aromatic rings. The second-order valence-electron chi connectivity index (χ2n) is 7.38. The Kier molecular flexibility index (Phi) is 15.9. The molecule has 0 aromatic heterocycles. The number of aliphatic hydroxyl groups is 2.